The summed E-state index contributed by atoms with van der Waals surface area (Å²) in [5, 5.41) is 12.3. The number of nitrogens with one attached hydrogen (secondary N) is 1. The smallest absolute Gasteiger partial charge is 0.282 e. The predicted octanol–water partition coefficient (Wildman–Crippen LogP) is 2.45. The lowest BCUT2D eigenvalue weighted by atomic mass is 9.97. The second-order valence-corrected chi connectivity index (χ2v) is 12.9. The molecule has 37 heavy (non-hydrogen) atoms. The molecule has 0 bridgehead atoms. The van der Waals surface area contributed by atoms with Crippen molar-refractivity contribution in [1.82, 2.24) is 18.8 Å². The molecule has 0 radical (unpaired) electrons. The summed E-state index contributed by atoms with van der Waals surface area (Å²) in [6, 6.07) is 5.39. The minimum absolute atomic E-state index is 0.0699. The third kappa shape index (κ3) is 5.35. The molecule has 9 nitrogen and oxygen atoms in total. The Morgan fingerprint density at radius 3 is 2.49 bits per heavy atom. The fourth-order valence-electron chi connectivity index (χ4n) is 5.64. The van der Waals surface area contributed by atoms with Crippen LogP contribution in [0.25, 0.3) is 0 Å². The van der Waals surface area contributed by atoms with E-state index in [2.05, 4.69) is 11.4 Å². The monoisotopic (exact) mass is 551 g/mol. The van der Waals surface area contributed by atoms with Crippen molar-refractivity contribution >= 4 is 33.6 Å². The average Bonchev–Trinajstić information content (AvgIpc) is 3.57. The first kappa shape index (κ1) is 26.4. The minimum Gasteiger partial charge on any atom is -0.347 e. The van der Waals surface area contributed by atoms with E-state index in [1.54, 1.807) is 17.0 Å². The summed E-state index contributed by atoms with van der Waals surface area (Å²) < 4.78 is 43.2. The Labute approximate surface area is 221 Å². The summed E-state index contributed by atoms with van der Waals surface area (Å²) >= 11 is 5.91. The standard InChI is InChI=1S/C25H31ClFN5O4S/c26-19-7-8-20(21(27)11-19)23(17-5-6-17)29-24(33)22-4-2-10-32(22)25(34)18-3-1-9-30(15-18)37(35,36)31-13-16(12-28)14-31/h7-8,11,16-18,22-23H,1-6,9-10,13-15H2,(H,29,33)/t18-,22+,23?/m0/s1. The van der Waals surface area contributed by atoms with Gasteiger partial charge in [0.05, 0.1) is 23.9 Å². The van der Waals surface area contributed by atoms with E-state index in [-0.39, 0.29) is 48.3 Å². The number of rotatable bonds is 7. The van der Waals surface area contributed by atoms with E-state index in [0.29, 0.717) is 44.3 Å². The maximum Gasteiger partial charge on any atom is 0.282 e. The summed E-state index contributed by atoms with van der Waals surface area (Å²) in [7, 11) is -3.72. The average molecular weight is 552 g/mol. The molecule has 1 N–H and O–H groups in total. The zero-order chi connectivity index (χ0) is 26.3. The van der Waals surface area contributed by atoms with Crippen LogP contribution in [0.3, 0.4) is 0 Å². The van der Waals surface area contributed by atoms with Crippen molar-refractivity contribution < 1.29 is 22.4 Å². The summed E-state index contributed by atoms with van der Waals surface area (Å²) in [6.45, 7) is 1.19. The fraction of sp³-hybridized carbons (Fsp3) is 0.640. The van der Waals surface area contributed by atoms with Crippen LogP contribution in [0.4, 0.5) is 4.39 Å². The van der Waals surface area contributed by atoms with Crippen molar-refractivity contribution in [2.24, 2.45) is 17.8 Å². The summed E-state index contributed by atoms with van der Waals surface area (Å²) in [4.78, 5) is 28.5. The molecule has 1 aliphatic carbocycles. The number of nitrogens with zero attached hydrogens (tertiary/aromatic N) is 4. The van der Waals surface area contributed by atoms with Gasteiger partial charge in [0.15, 0.2) is 0 Å². The molecule has 3 saturated heterocycles. The number of piperidine rings is 1. The Morgan fingerprint density at radius 1 is 1.08 bits per heavy atom. The van der Waals surface area contributed by atoms with Crippen LogP contribution in [0.1, 0.15) is 50.1 Å². The quantitative estimate of drug-likeness (QED) is 0.559. The maximum atomic E-state index is 14.7. The molecule has 4 aliphatic rings. The van der Waals surface area contributed by atoms with Crippen molar-refractivity contribution in [2.45, 2.75) is 50.6 Å². The van der Waals surface area contributed by atoms with E-state index in [9.17, 15) is 22.4 Å². The lowest BCUT2D eigenvalue weighted by Gasteiger charge is -2.41. The van der Waals surface area contributed by atoms with Crippen molar-refractivity contribution in [3.8, 4) is 6.07 Å². The summed E-state index contributed by atoms with van der Waals surface area (Å²) in [5.74, 6) is -1.66. The second kappa shape index (κ2) is 10.5. The van der Waals surface area contributed by atoms with E-state index in [1.165, 1.54) is 14.7 Å². The van der Waals surface area contributed by atoms with Gasteiger partial charge in [-0.05, 0) is 56.6 Å². The molecule has 12 heteroatoms. The Bertz CT molecular complexity index is 1210. The van der Waals surface area contributed by atoms with Gasteiger partial charge >= 0.3 is 0 Å². The van der Waals surface area contributed by atoms with Crippen LogP contribution in [0.15, 0.2) is 18.2 Å². The molecule has 5 rings (SSSR count). The fourth-order valence-corrected chi connectivity index (χ4v) is 7.60. The Kier molecular flexibility index (Phi) is 7.47. The number of nitriles is 1. The van der Waals surface area contributed by atoms with Gasteiger partial charge in [-0.2, -0.15) is 22.3 Å². The normalized spacial score (nSPS) is 26.4. The van der Waals surface area contributed by atoms with Crippen molar-refractivity contribution in [1.29, 1.82) is 5.26 Å². The number of benzene rings is 1. The van der Waals surface area contributed by atoms with Gasteiger partial charge in [-0.1, -0.05) is 17.7 Å². The number of carbonyl (C=O) groups excluding carboxylic acids is 2. The molecule has 0 spiro atoms. The largest absolute Gasteiger partial charge is 0.347 e. The van der Waals surface area contributed by atoms with Crippen LogP contribution in [0.5, 0.6) is 0 Å². The van der Waals surface area contributed by atoms with E-state index in [4.69, 9.17) is 16.9 Å². The zero-order valence-corrected chi connectivity index (χ0v) is 22.1. The first-order chi connectivity index (χ1) is 17.7. The van der Waals surface area contributed by atoms with Gasteiger partial charge in [-0.15, -0.1) is 0 Å². The molecule has 3 atom stereocenters. The van der Waals surface area contributed by atoms with Gasteiger partial charge in [-0.3, -0.25) is 9.59 Å². The van der Waals surface area contributed by atoms with Crippen molar-refractivity contribution in [3.63, 3.8) is 0 Å². The lowest BCUT2D eigenvalue weighted by Crippen LogP contribution is -2.57. The molecular formula is C25H31ClFN5O4S. The number of hydrogen-bond donors (Lipinski definition) is 1. The molecule has 1 aromatic carbocycles. The molecule has 4 fully saturated rings. The topological polar surface area (TPSA) is 114 Å². The molecule has 200 valence electrons. The molecule has 0 aromatic heterocycles. The molecule has 3 heterocycles. The lowest BCUT2D eigenvalue weighted by molar-refractivity contribution is -0.142. The second-order valence-electron chi connectivity index (χ2n) is 10.5. The van der Waals surface area contributed by atoms with Crippen LogP contribution >= 0.6 is 11.6 Å². The number of halogens is 2. The van der Waals surface area contributed by atoms with Crippen molar-refractivity contribution in [3.05, 3.63) is 34.6 Å². The van der Waals surface area contributed by atoms with Crippen molar-refractivity contribution in [2.75, 3.05) is 32.7 Å². The molecule has 3 aliphatic heterocycles. The molecule has 1 aromatic rings. The SMILES string of the molecule is N#CC1CN(S(=O)(=O)N2CCC[C@H](C(=O)N3CCC[C@@H]3C(=O)NC(c3ccc(Cl)cc3F)C3CC3)C2)C1. The van der Waals surface area contributed by atoms with Gasteiger partial charge in [0.25, 0.3) is 10.2 Å². The molecule has 1 saturated carbocycles. The number of hydrogen-bond acceptors (Lipinski definition) is 5. The number of carbonyl (C=O) groups is 2. The highest BCUT2D eigenvalue weighted by Gasteiger charge is 2.45. The highest BCUT2D eigenvalue weighted by atomic mass is 35.5. The van der Waals surface area contributed by atoms with Crippen LogP contribution in [-0.2, 0) is 19.8 Å². The zero-order valence-electron chi connectivity index (χ0n) is 20.5. The Hall–Kier alpha value is -2.26. The highest BCUT2D eigenvalue weighted by Crippen LogP contribution is 2.42. The number of likely N-dealkylation sites (tertiary alicyclic amines) is 1. The van der Waals surface area contributed by atoms with Crippen LogP contribution in [-0.4, -0.2) is 72.5 Å². The minimum atomic E-state index is -3.72. The first-order valence-corrected chi connectivity index (χ1v) is 14.7. The van der Waals surface area contributed by atoms with Gasteiger partial charge in [-0.25, -0.2) is 4.39 Å². The third-order valence-corrected chi connectivity index (χ3v) is 10.1. The Balaban J connectivity index is 1.25. The van der Waals surface area contributed by atoms with E-state index in [0.717, 1.165) is 12.8 Å². The molecular weight excluding hydrogens is 521 g/mol. The molecule has 2 amide bonds. The van der Waals surface area contributed by atoms with Crippen LogP contribution in [0.2, 0.25) is 5.02 Å². The van der Waals surface area contributed by atoms with Gasteiger partial charge in [0.1, 0.15) is 11.9 Å². The third-order valence-electron chi connectivity index (χ3n) is 7.94. The maximum absolute atomic E-state index is 14.7. The first-order valence-electron chi connectivity index (χ1n) is 12.9. The van der Waals surface area contributed by atoms with Crippen LogP contribution < -0.4 is 5.32 Å². The van der Waals surface area contributed by atoms with Crippen LogP contribution in [0, 0.1) is 34.9 Å². The van der Waals surface area contributed by atoms with E-state index in [1.807, 2.05) is 0 Å². The predicted molar refractivity (Wildman–Crippen MR) is 134 cm³/mol. The summed E-state index contributed by atoms with van der Waals surface area (Å²) in [5.41, 5.74) is 0.397. The van der Waals surface area contributed by atoms with E-state index < -0.39 is 34.0 Å². The highest BCUT2D eigenvalue weighted by molar-refractivity contribution is 7.86. The van der Waals surface area contributed by atoms with E-state index >= 15 is 0 Å². The molecule has 1 unspecified atom stereocenters. The number of amides is 2. The van der Waals surface area contributed by atoms with Gasteiger partial charge < -0.3 is 10.2 Å². The Morgan fingerprint density at radius 2 is 1.81 bits per heavy atom. The van der Waals surface area contributed by atoms with Gasteiger partial charge in [0.2, 0.25) is 11.8 Å². The summed E-state index contributed by atoms with van der Waals surface area (Å²) in [6.07, 6.45) is 4.06. The van der Waals surface area contributed by atoms with Gasteiger partial charge in [0, 0.05) is 43.3 Å².